The number of benzene rings is 2. The second kappa shape index (κ2) is 9.33. The van der Waals surface area contributed by atoms with E-state index in [0.29, 0.717) is 11.8 Å². The number of anilines is 1. The molecular formula is C19H24INOS. The van der Waals surface area contributed by atoms with Crippen LogP contribution in [0.25, 0.3) is 0 Å². The minimum absolute atomic E-state index is 0. The van der Waals surface area contributed by atoms with Gasteiger partial charge >= 0.3 is 0 Å². The van der Waals surface area contributed by atoms with Gasteiger partial charge in [0.25, 0.3) is 5.91 Å². The van der Waals surface area contributed by atoms with Crippen molar-refractivity contribution in [3.8, 4) is 0 Å². The van der Waals surface area contributed by atoms with Crippen LogP contribution in [-0.4, -0.2) is 5.91 Å². The van der Waals surface area contributed by atoms with E-state index in [1.54, 1.807) is 0 Å². The first kappa shape index (κ1) is 20.0. The highest BCUT2D eigenvalue weighted by Crippen LogP contribution is 2.29. The van der Waals surface area contributed by atoms with E-state index in [1.165, 1.54) is 5.56 Å². The van der Waals surface area contributed by atoms with Crippen molar-refractivity contribution in [2.75, 3.05) is 5.32 Å². The largest absolute Gasteiger partial charge is 0.322 e. The molecule has 2 nitrogen and oxygen atoms in total. The predicted octanol–water partition coefficient (Wildman–Crippen LogP) is 5.81. The Morgan fingerprint density at radius 3 is 2.30 bits per heavy atom. The molecule has 0 fully saturated rings. The minimum atomic E-state index is -0.0470. The minimum Gasteiger partial charge on any atom is -0.322 e. The van der Waals surface area contributed by atoms with Crippen LogP contribution in [0.1, 0.15) is 49.0 Å². The Labute approximate surface area is 159 Å². The van der Waals surface area contributed by atoms with Crippen molar-refractivity contribution in [1.29, 1.82) is 0 Å². The molecule has 0 bridgehead atoms. The topological polar surface area (TPSA) is 29.1 Å². The molecule has 0 saturated carbocycles. The summed E-state index contributed by atoms with van der Waals surface area (Å²) in [5.74, 6) is 1.01. The molecule has 0 radical (unpaired) electrons. The van der Waals surface area contributed by atoms with Crippen molar-refractivity contribution in [2.24, 2.45) is 5.92 Å². The molecule has 0 aliphatic rings. The Kier molecular flexibility index (Phi) is 8.12. The van der Waals surface area contributed by atoms with Crippen molar-refractivity contribution < 1.29 is 4.79 Å². The van der Waals surface area contributed by atoms with Crippen molar-refractivity contribution in [2.45, 2.75) is 33.1 Å². The van der Waals surface area contributed by atoms with Gasteiger partial charge in [-0.05, 0) is 64.6 Å². The van der Waals surface area contributed by atoms with Gasteiger partial charge in [-0.1, -0.05) is 51.1 Å². The smallest absolute Gasteiger partial charge is 0.256 e. The summed E-state index contributed by atoms with van der Waals surface area (Å²) < 4.78 is 0.963. The SMILES string of the molecule is CC(C)C[C@H](C)c1ccccc1NC(=O)c1ccccc1I.S. The fourth-order valence-electron chi connectivity index (χ4n) is 2.71. The lowest BCUT2D eigenvalue weighted by Gasteiger charge is -2.19. The maximum Gasteiger partial charge on any atom is 0.256 e. The third-order valence-electron chi connectivity index (χ3n) is 3.68. The maximum absolute atomic E-state index is 12.5. The second-order valence-electron chi connectivity index (χ2n) is 6.05. The van der Waals surface area contributed by atoms with Crippen LogP contribution < -0.4 is 5.32 Å². The summed E-state index contributed by atoms with van der Waals surface area (Å²) in [5.41, 5.74) is 2.84. The molecule has 2 rings (SSSR count). The highest BCUT2D eigenvalue weighted by atomic mass is 127. The van der Waals surface area contributed by atoms with Crippen LogP contribution in [0.15, 0.2) is 48.5 Å². The first-order chi connectivity index (χ1) is 10.5. The van der Waals surface area contributed by atoms with Gasteiger partial charge in [0.05, 0.1) is 5.56 Å². The Bertz CT molecular complexity index is 657. The Balaban J connectivity index is 0.00000264. The molecule has 0 unspecified atom stereocenters. The summed E-state index contributed by atoms with van der Waals surface area (Å²) >= 11 is 2.20. The van der Waals surface area contributed by atoms with Gasteiger partial charge in [-0.2, -0.15) is 13.5 Å². The monoisotopic (exact) mass is 441 g/mol. The molecule has 1 atom stereocenters. The van der Waals surface area contributed by atoms with E-state index in [2.05, 4.69) is 54.7 Å². The van der Waals surface area contributed by atoms with E-state index in [9.17, 15) is 4.79 Å². The van der Waals surface area contributed by atoms with Crippen LogP contribution in [0.2, 0.25) is 0 Å². The molecule has 124 valence electrons. The van der Waals surface area contributed by atoms with Gasteiger partial charge in [-0.3, -0.25) is 4.79 Å². The van der Waals surface area contributed by atoms with Gasteiger partial charge < -0.3 is 5.32 Å². The van der Waals surface area contributed by atoms with E-state index < -0.39 is 0 Å². The highest BCUT2D eigenvalue weighted by molar-refractivity contribution is 14.1. The molecule has 0 heterocycles. The predicted molar refractivity (Wildman–Crippen MR) is 112 cm³/mol. The van der Waals surface area contributed by atoms with E-state index in [-0.39, 0.29) is 19.4 Å². The molecular weight excluding hydrogens is 417 g/mol. The van der Waals surface area contributed by atoms with Gasteiger partial charge in [0.2, 0.25) is 0 Å². The van der Waals surface area contributed by atoms with Gasteiger partial charge in [0.1, 0.15) is 0 Å². The zero-order valence-corrected chi connectivity index (χ0v) is 16.9. The average molecular weight is 441 g/mol. The molecule has 0 aliphatic carbocycles. The first-order valence-corrected chi connectivity index (χ1v) is 8.71. The molecule has 2 aromatic rings. The summed E-state index contributed by atoms with van der Waals surface area (Å²) in [5, 5.41) is 3.08. The van der Waals surface area contributed by atoms with Gasteiger partial charge in [-0.25, -0.2) is 0 Å². The lowest BCUT2D eigenvalue weighted by Crippen LogP contribution is -2.15. The maximum atomic E-state index is 12.5. The van der Waals surface area contributed by atoms with Crippen molar-refractivity contribution >= 4 is 47.7 Å². The molecule has 4 heteroatoms. The molecule has 0 saturated heterocycles. The Morgan fingerprint density at radius 2 is 1.65 bits per heavy atom. The summed E-state index contributed by atoms with van der Waals surface area (Å²) in [6, 6.07) is 15.7. The van der Waals surface area contributed by atoms with Crippen molar-refractivity contribution in [3.05, 3.63) is 63.2 Å². The normalized spacial score (nSPS) is 11.7. The van der Waals surface area contributed by atoms with Crippen LogP contribution in [0.3, 0.4) is 0 Å². The number of halogens is 1. The third kappa shape index (κ3) is 5.53. The number of amides is 1. The Morgan fingerprint density at radius 1 is 1.04 bits per heavy atom. The Hall–Kier alpha value is -1.01. The number of rotatable bonds is 5. The molecule has 1 N–H and O–H groups in total. The zero-order valence-electron chi connectivity index (χ0n) is 13.8. The summed E-state index contributed by atoms with van der Waals surface area (Å²) in [7, 11) is 0. The van der Waals surface area contributed by atoms with E-state index in [4.69, 9.17) is 0 Å². The summed E-state index contributed by atoms with van der Waals surface area (Å²) in [6.07, 6.45) is 1.11. The fraction of sp³-hybridized carbons (Fsp3) is 0.316. The number of carbonyl (C=O) groups excluding carboxylic acids is 1. The van der Waals surface area contributed by atoms with Gasteiger partial charge in [0, 0.05) is 9.26 Å². The first-order valence-electron chi connectivity index (χ1n) is 7.64. The van der Waals surface area contributed by atoms with Gasteiger partial charge in [0.15, 0.2) is 0 Å². The van der Waals surface area contributed by atoms with Crippen LogP contribution in [0.4, 0.5) is 5.69 Å². The molecule has 0 spiro atoms. The molecule has 1 amide bonds. The zero-order chi connectivity index (χ0) is 16.1. The summed E-state index contributed by atoms with van der Waals surface area (Å²) in [4.78, 5) is 12.5. The second-order valence-corrected chi connectivity index (χ2v) is 7.21. The van der Waals surface area contributed by atoms with Crippen LogP contribution in [0.5, 0.6) is 0 Å². The molecule has 0 aliphatic heterocycles. The number of nitrogens with one attached hydrogen (secondary N) is 1. The fourth-order valence-corrected chi connectivity index (χ4v) is 3.34. The lowest BCUT2D eigenvalue weighted by atomic mass is 9.91. The van der Waals surface area contributed by atoms with E-state index in [0.717, 1.165) is 21.2 Å². The molecule has 23 heavy (non-hydrogen) atoms. The highest BCUT2D eigenvalue weighted by Gasteiger charge is 2.15. The summed E-state index contributed by atoms with van der Waals surface area (Å²) in [6.45, 7) is 6.67. The van der Waals surface area contributed by atoms with Crippen LogP contribution in [-0.2, 0) is 0 Å². The van der Waals surface area contributed by atoms with E-state index in [1.807, 2.05) is 42.5 Å². The quantitative estimate of drug-likeness (QED) is 0.584. The van der Waals surface area contributed by atoms with Crippen molar-refractivity contribution in [3.63, 3.8) is 0 Å². The standard InChI is InChI=1S/C19H22INO.H2S/c1-13(2)12-14(3)15-8-5-7-11-18(15)21-19(22)16-9-4-6-10-17(16)20;/h4-11,13-14H,12H2,1-3H3,(H,21,22);1H2/t14-;/m0./s1. The van der Waals surface area contributed by atoms with E-state index >= 15 is 0 Å². The lowest BCUT2D eigenvalue weighted by molar-refractivity contribution is 0.102. The molecule has 2 aromatic carbocycles. The van der Waals surface area contributed by atoms with Crippen molar-refractivity contribution in [1.82, 2.24) is 0 Å². The number of hydrogen-bond acceptors (Lipinski definition) is 1. The number of para-hydroxylation sites is 1. The number of hydrogen-bond donors (Lipinski definition) is 1. The molecule has 0 aromatic heterocycles. The van der Waals surface area contributed by atoms with Gasteiger partial charge in [-0.15, -0.1) is 0 Å². The third-order valence-corrected chi connectivity index (χ3v) is 4.62. The average Bonchev–Trinajstić information content (AvgIpc) is 2.47. The number of carbonyl (C=O) groups is 1. The van der Waals surface area contributed by atoms with Crippen LogP contribution >= 0.6 is 36.1 Å². The van der Waals surface area contributed by atoms with Crippen LogP contribution in [0, 0.1) is 9.49 Å².